The lowest BCUT2D eigenvalue weighted by molar-refractivity contribution is 0.102. The van der Waals surface area contributed by atoms with E-state index in [4.69, 9.17) is 27.9 Å². The second-order valence-corrected chi connectivity index (χ2v) is 4.75. The summed E-state index contributed by atoms with van der Waals surface area (Å²) in [6.07, 6.45) is 0. The standard InChI is InChI=1S/C14H10Cl2FNO2/c1-20-13-11(15)6-8(7-12(13)16)14(19)18-10-4-2-9(17)3-5-10/h2-7H,1H3,(H,18,19). The van der Waals surface area contributed by atoms with Gasteiger partial charge in [-0.3, -0.25) is 4.79 Å². The van der Waals surface area contributed by atoms with Crippen LogP contribution in [0.25, 0.3) is 0 Å². The van der Waals surface area contributed by atoms with Gasteiger partial charge in [-0.05, 0) is 36.4 Å². The van der Waals surface area contributed by atoms with Gasteiger partial charge in [-0.1, -0.05) is 23.2 Å². The number of rotatable bonds is 3. The van der Waals surface area contributed by atoms with Crippen LogP contribution in [0, 0.1) is 5.82 Å². The van der Waals surface area contributed by atoms with Gasteiger partial charge in [0.05, 0.1) is 17.2 Å². The molecule has 0 radical (unpaired) electrons. The van der Waals surface area contributed by atoms with Gasteiger partial charge in [-0.2, -0.15) is 0 Å². The number of hydrogen-bond acceptors (Lipinski definition) is 2. The number of methoxy groups -OCH3 is 1. The number of carbonyl (C=O) groups is 1. The van der Waals surface area contributed by atoms with Gasteiger partial charge >= 0.3 is 0 Å². The Morgan fingerprint density at radius 3 is 2.20 bits per heavy atom. The molecule has 0 aromatic heterocycles. The molecule has 0 fully saturated rings. The summed E-state index contributed by atoms with van der Waals surface area (Å²) in [4.78, 5) is 12.0. The number of hydrogen-bond donors (Lipinski definition) is 1. The summed E-state index contributed by atoms with van der Waals surface area (Å²) in [6.45, 7) is 0. The van der Waals surface area contributed by atoms with E-state index >= 15 is 0 Å². The number of halogens is 3. The fourth-order valence-corrected chi connectivity index (χ4v) is 2.26. The Labute approximate surface area is 125 Å². The molecule has 0 saturated carbocycles. The highest BCUT2D eigenvalue weighted by atomic mass is 35.5. The monoisotopic (exact) mass is 313 g/mol. The molecule has 0 aliphatic rings. The number of ether oxygens (including phenoxy) is 1. The quantitative estimate of drug-likeness (QED) is 0.912. The van der Waals surface area contributed by atoms with Crippen LogP contribution in [-0.4, -0.2) is 13.0 Å². The van der Waals surface area contributed by atoms with E-state index in [0.29, 0.717) is 11.4 Å². The second kappa shape index (κ2) is 6.11. The Morgan fingerprint density at radius 1 is 1.15 bits per heavy atom. The van der Waals surface area contributed by atoms with Crippen molar-refractivity contribution in [2.45, 2.75) is 0 Å². The van der Waals surface area contributed by atoms with Crippen molar-refractivity contribution in [3.8, 4) is 5.75 Å². The molecule has 1 amide bonds. The van der Waals surface area contributed by atoms with Gasteiger partial charge in [0.2, 0.25) is 0 Å². The van der Waals surface area contributed by atoms with Crippen LogP contribution in [0.5, 0.6) is 5.75 Å². The molecule has 0 spiro atoms. The molecule has 20 heavy (non-hydrogen) atoms. The van der Waals surface area contributed by atoms with Gasteiger partial charge in [0.1, 0.15) is 5.82 Å². The highest BCUT2D eigenvalue weighted by Crippen LogP contribution is 2.33. The molecule has 6 heteroatoms. The lowest BCUT2D eigenvalue weighted by Crippen LogP contribution is -2.12. The smallest absolute Gasteiger partial charge is 0.255 e. The van der Waals surface area contributed by atoms with E-state index in [-0.39, 0.29) is 21.4 Å². The van der Waals surface area contributed by atoms with Gasteiger partial charge in [0, 0.05) is 11.3 Å². The van der Waals surface area contributed by atoms with Crippen molar-refractivity contribution in [1.29, 1.82) is 0 Å². The molecule has 2 rings (SSSR count). The third kappa shape index (κ3) is 3.21. The fourth-order valence-electron chi connectivity index (χ4n) is 1.62. The normalized spacial score (nSPS) is 10.2. The van der Waals surface area contributed by atoms with Crippen molar-refractivity contribution in [2.24, 2.45) is 0 Å². The Bertz CT molecular complexity index is 621. The minimum atomic E-state index is -0.400. The van der Waals surface area contributed by atoms with Crippen molar-refractivity contribution in [3.63, 3.8) is 0 Å². The van der Waals surface area contributed by atoms with E-state index in [0.717, 1.165) is 0 Å². The molecule has 1 N–H and O–H groups in total. The zero-order valence-corrected chi connectivity index (χ0v) is 11.9. The summed E-state index contributed by atoms with van der Waals surface area (Å²) >= 11 is 11.9. The molecule has 0 aliphatic carbocycles. The topological polar surface area (TPSA) is 38.3 Å². The van der Waals surface area contributed by atoms with Gasteiger partial charge in [-0.15, -0.1) is 0 Å². The third-order valence-corrected chi connectivity index (χ3v) is 3.13. The largest absolute Gasteiger partial charge is 0.494 e. The first-order valence-electron chi connectivity index (χ1n) is 5.61. The van der Waals surface area contributed by atoms with Crippen LogP contribution in [0.2, 0.25) is 10.0 Å². The molecule has 0 saturated heterocycles. The number of nitrogens with one attached hydrogen (secondary N) is 1. The third-order valence-electron chi connectivity index (χ3n) is 2.57. The van der Waals surface area contributed by atoms with Crippen molar-refractivity contribution < 1.29 is 13.9 Å². The summed E-state index contributed by atoms with van der Waals surface area (Å²) < 4.78 is 17.8. The molecule has 3 nitrogen and oxygen atoms in total. The summed E-state index contributed by atoms with van der Waals surface area (Å²) in [6, 6.07) is 8.32. The Balaban J connectivity index is 2.23. The Kier molecular flexibility index (Phi) is 4.47. The first-order chi connectivity index (χ1) is 9.51. The number of benzene rings is 2. The minimum Gasteiger partial charge on any atom is -0.494 e. The zero-order chi connectivity index (χ0) is 14.7. The Hall–Kier alpha value is -1.78. The molecule has 2 aromatic rings. The van der Waals surface area contributed by atoms with Crippen LogP contribution in [0.3, 0.4) is 0 Å². The zero-order valence-electron chi connectivity index (χ0n) is 10.4. The molecule has 0 atom stereocenters. The molecule has 0 bridgehead atoms. The van der Waals surface area contributed by atoms with Crippen LogP contribution in [0.1, 0.15) is 10.4 Å². The van der Waals surface area contributed by atoms with Crippen LogP contribution in [0.4, 0.5) is 10.1 Å². The first kappa shape index (κ1) is 14.6. The number of carbonyl (C=O) groups excluding carboxylic acids is 1. The molecule has 104 valence electrons. The number of anilines is 1. The van der Waals surface area contributed by atoms with Crippen LogP contribution in [0.15, 0.2) is 36.4 Å². The van der Waals surface area contributed by atoms with Crippen molar-refractivity contribution in [3.05, 3.63) is 57.8 Å². The summed E-state index contributed by atoms with van der Waals surface area (Å²) in [5.74, 6) is -0.465. The van der Waals surface area contributed by atoms with Gasteiger partial charge < -0.3 is 10.1 Å². The van der Waals surface area contributed by atoms with E-state index in [1.54, 1.807) is 0 Å². The van der Waals surface area contributed by atoms with Crippen LogP contribution < -0.4 is 10.1 Å². The van der Waals surface area contributed by atoms with Gasteiger partial charge in [0.15, 0.2) is 5.75 Å². The molecule has 0 unspecified atom stereocenters. The lowest BCUT2D eigenvalue weighted by atomic mass is 10.2. The highest BCUT2D eigenvalue weighted by molar-refractivity contribution is 6.37. The van der Waals surface area contributed by atoms with Crippen molar-refractivity contribution >= 4 is 34.8 Å². The van der Waals surface area contributed by atoms with Gasteiger partial charge in [-0.25, -0.2) is 4.39 Å². The average Bonchev–Trinajstić information content (AvgIpc) is 2.41. The van der Waals surface area contributed by atoms with Crippen molar-refractivity contribution in [1.82, 2.24) is 0 Å². The predicted molar refractivity (Wildman–Crippen MR) is 77.4 cm³/mol. The van der Waals surface area contributed by atoms with E-state index in [1.165, 1.54) is 43.5 Å². The molecular weight excluding hydrogens is 304 g/mol. The maximum absolute atomic E-state index is 12.8. The second-order valence-electron chi connectivity index (χ2n) is 3.93. The summed E-state index contributed by atoms with van der Waals surface area (Å²) in [7, 11) is 1.44. The SMILES string of the molecule is COc1c(Cl)cc(C(=O)Nc2ccc(F)cc2)cc1Cl. The first-order valence-corrected chi connectivity index (χ1v) is 6.37. The van der Waals surface area contributed by atoms with Crippen LogP contribution in [-0.2, 0) is 0 Å². The average molecular weight is 314 g/mol. The molecule has 0 heterocycles. The van der Waals surface area contributed by atoms with E-state index in [9.17, 15) is 9.18 Å². The maximum Gasteiger partial charge on any atom is 0.255 e. The maximum atomic E-state index is 12.8. The van der Waals surface area contributed by atoms with Crippen molar-refractivity contribution in [2.75, 3.05) is 12.4 Å². The van der Waals surface area contributed by atoms with E-state index < -0.39 is 5.91 Å². The molecular formula is C14H10Cl2FNO2. The Morgan fingerprint density at radius 2 is 1.70 bits per heavy atom. The summed E-state index contributed by atoms with van der Waals surface area (Å²) in [5, 5.41) is 3.09. The molecule has 0 aliphatic heterocycles. The fraction of sp³-hybridized carbons (Fsp3) is 0.0714. The van der Waals surface area contributed by atoms with E-state index in [1.807, 2.05) is 0 Å². The summed E-state index contributed by atoms with van der Waals surface area (Å²) in [5.41, 5.74) is 0.754. The number of amides is 1. The minimum absolute atomic E-state index is 0.240. The highest BCUT2D eigenvalue weighted by Gasteiger charge is 2.13. The van der Waals surface area contributed by atoms with E-state index in [2.05, 4.69) is 5.32 Å². The lowest BCUT2D eigenvalue weighted by Gasteiger charge is -2.09. The molecule has 2 aromatic carbocycles. The van der Waals surface area contributed by atoms with Gasteiger partial charge in [0.25, 0.3) is 5.91 Å². The predicted octanol–water partition coefficient (Wildman–Crippen LogP) is 4.39. The van der Waals surface area contributed by atoms with Crippen LogP contribution >= 0.6 is 23.2 Å².